The fourth-order valence-corrected chi connectivity index (χ4v) is 3.47. The topological polar surface area (TPSA) is 47.0 Å². The van der Waals surface area contributed by atoms with E-state index in [4.69, 9.17) is 4.74 Å². The number of hydrogen-bond donors (Lipinski definition) is 1. The zero-order valence-electron chi connectivity index (χ0n) is 10.7. The van der Waals surface area contributed by atoms with E-state index in [1.807, 2.05) is 11.8 Å². The van der Waals surface area contributed by atoms with Crippen LogP contribution in [0.2, 0.25) is 0 Å². The minimum atomic E-state index is 0.0449. The number of nitrogens with zero attached hydrogens (tertiary/aromatic N) is 2. The number of halogens is 1. The van der Waals surface area contributed by atoms with Crippen LogP contribution in [-0.4, -0.2) is 34.6 Å². The zero-order valence-corrected chi connectivity index (χ0v) is 13.7. The molecule has 0 aromatic carbocycles. The van der Waals surface area contributed by atoms with Crippen molar-refractivity contribution in [2.75, 3.05) is 30.0 Å². The molecule has 2 rings (SSSR count). The first-order chi connectivity index (χ1) is 8.76. The molecule has 0 aliphatic carbocycles. The summed E-state index contributed by atoms with van der Waals surface area (Å²) >= 11 is 4.23. The summed E-state index contributed by atoms with van der Waals surface area (Å²) < 4.78 is 6.89. The molecule has 0 bridgehead atoms. The first kappa shape index (κ1) is 14.3. The minimum Gasteiger partial charge on any atom is -0.369 e. The predicted octanol–water partition coefficient (Wildman–Crippen LogP) is 2.88. The van der Waals surface area contributed by atoms with Gasteiger partial charge in [0, 0.05) is 18.1 Å². The van der Waals surface area contributed by atoms with Crippen LogP contribution in [0.4, 0.5) is 5.82 Å². The number of anilines is 1. The maximum absolute atomic E-state index is 5.76. The fourth-order valence-electron chi connectivity index (χ4n) is 1.81. The van der Waals surface area contributed by atoms with E-state index in [1.165, 1.54) is 0 Å². The van der Waals surface area contributed by atoms with Crippen molar-refractivity contribution in [3.8, 4) is 0 Å². The predicted molar refractivity (Wildman–Crippen MR) is 84.3 cm³/mol. The van der Waals surface area contributed by atoms with E-state index in [1.54, 1.807) is 0 Å². The van der Waals surface area contributed by atoms with Crippen molar-refractivity contribution in [1.29, 1.82) is 0 Å². The lowest BCUT2D eigenvalue weighted by Gasteiger charge is -2.22. The van der Waals surface area contributed by atoms with E-state index in [-0.39, 0.29) is 6.10 Å². The van der Waals surface area contributed by atoms with E-state index in [2.05, 4.69) is 51.7 Å². The molecule has 4 nitrogen and oxygen atoms in total. The van der Waals surface area contributed by atoms with Crippen LogP contribution in [0.5, 0.6) is 0 Å². The van der Waals surface area contributed by atoms with Crippen molar-refractivity contribution in [2.24, 2.45) is 0 Å². The third-order valence-corrected chi connectivity index (χ3v) is 4.85. The van der Waals surface area contributed by atoms with E-state index in [0.717, 1.165) is 52.0 Å². The van der Waals surface area contributed by atoms with Gasteiger partial charge in [0.2, 0.25) is 0 Å². The number of aromatic nitrogens is 2. The van der Waals surface area contributed by atoms with E-state index >= 15 is 0 Å². The van der Waals surface area contributed by atoms with Crippen molar-refractivity contribution < 1.29 is 4.74 Å². The van der Waals surface area contributed by atoms with Gasteiger partial charge in [0.05, 0.1) is 15.9 Å². The molecule has 100 valence electrons. The molecule has 1 unspecified atom stereocenters. The first-order valence-corrected chi connectivity index (χ1v) is 8.49. The number of hydrogen-bond acceptors (Lipinski definition) is 5. The summed E-state index contributed by atoms with van der Waals surface area (Å²) in [6, 6.07) is 0. The van der Waals surface area contributed by atoms with Crippen molar-refractivity contribution >= 4 is 40.2 Å². The molecule has 1 atom stereocenters. The van der Waals surface area contributed by atoms with Crippen molar-refractivity contribution in [2.45, 2.75) is 26.4 Å². The van der Waals surface area contributed by atoms with Crippen LogP contribution < -0.4 is 5.32 Å². The molecule has 1 aliphatic heterocycles. The Morgan fingerprint density at radius 2 is 2.28 bits per heavy atom. The molecule has 1 fully saturated rings. The number of thioether (sulfide) groups is 1. The maximum atomic E-state index is 5.76. The maximum Gasteiger partial charge on any atom is 0.160 e. The SMILES string of the molecule is CCNc1nc(C2CSCCO2)nc(CC)c1I. The Hall–Kier alpha value is -0.0800. The van der Waals surface area contributed by atoms with Crippen LogP contribution in [0.1, 0.15) is 31.5 Å². The lowest BCUT2D eigenvalue weighted by Crippen LogP contribution is -2.20. The van der Waals surface area contributed by atoms with Gasteiger partial charge in [-0.3, -0.25) is 0 Å². The van der Waals surface area contributed by atoms with Gasteiger partial charge >= 0.3 is 0 Å². The summed E-state index contributed by atoms with van der Waals surface area (Å²) in [4.78, 5) is 9.29. The highest BCUT2D eigenvalue weighted by Gasteiger charge is 2.21. The van der Waals surface area contributed by atoms with Gasteiger partial charge in [0.15, 0.2) is 5.82 Å². The molecule has 0 saturated carbocycles. The van der Waals surface area contributed by atoms with Gasteiger partial charge in [-0.1, -0.05) is 6.92 Å². The molecule has 0 radical (unpaired) electrons. The van der Waals surface area contributed by atoms with Crippen molar-refractivity contribution in [3.05, 3.63) is 15.1 Å². The fraction of sp³-hybridized carbons (Fsp3) is 0.667. The average molecular weight is 379 g/mol. The van der Waals surface area contributed by atoms with Gasteiger partial charge < -0.3 is 10.1 Å². The number of rotatable bonds is 4. The monoisotopic (exact) mass is 379 g/mol. The quantitative estimate of drug-likeness (QED) is 0.816. The second-order valence-electron chi connectivity index (χ2n) is 4.01. The summed E-state index contributed by atoms with van der Waals surface area (Å²) in [6.07, 6.45) is 0.968. The molecule has 1 aromatic rings. The average Bonchev–Trinajstić information content (AvgIpc) is 2.42. The van der Waals surface area contributed by atoms with Crippen molar-refractivity contribution in [1.82, 2.24) is 9.97 Å². The summed E-state index contributed by atoms with van der Waals surface area (Å²) in [5.41, 5.74) is 1.11. The Bertz CT molecular complexity index is 411. The number of nitrogens with one attached hydrogen (secondary N) is 1. The summed E-state index contributed by atoms with van der Waals surface area (Å²) in [5.74, 6) is 3.80. The van der Waals surface area contributed by atoms with Gasteiger partial charge in [0.25, 0.3) is 0 Å². The highest BCUT2D eigenvalue weighted by molar-refractivity contribution is 14.1. The molecule has 0 spiro atoms. The third kappa shape index (κ3) is 3.27. The summed E-state index contributed by atoms with van der Waals surface area (Å²) in [7, 11) is 0. The lowest BCUT2D eigenvalue weighted by atomic mass is 10.3. The molecule has 2 heterocycles. The Morgan fingerprint density at radius 1 is 1.44 bits per heavy atom. The Morgan fingerprint density at radius 3 is 2.89 bits per heavy atom. The molecule has 6 heteroatoms. The zero-order chi connectivity index (χ0) is 13.0. The number of aryl methyl sites for hydroxylation is 1. The minimum absolute atomic E-state index is 0.0449. The lowest BCUT2D eigenvalue weighted by molar-refractivity contribution is 0.0693. The normalized spacial score (nSPS) is 19.8. The molecule has 1 aromatic heterocycles. The van der Waals surface area contributed by atoms with Gasteiger partial charge in [-0.25, -0.2) is 9.97 Å². The van der Waals surface area contributed by atoms with Gasteiger partial charge in [-0.05, 0) is 35.9 Å². The van der Waals surface area contributed by atoms with Gasteiger partial charge in [-0.15, -0.1) is 0 Å². The van der Waals surface area contributed by atoms with E-state index < -0.39 is 0 Å². The summed E-state index contributed by atoms with van der Waals surface area (Å²) in [5, 5.41) is 3.31. The molecular formula is C12H18IN3OS. The van der Waals surface area contributed by atoms with Crippen LogP contribution >= 0.6 is 34.4 Å². The van der Waals surface area contributed by atoms with Crippen LogP contribution in [-0.2, 0) is 11.2 Å². The second kappa shape index (κ2) is 6.91. The van der Waals surface area contributed by atoms with E-state index in [9.17, 15) is 0 Å². The Labute approximate surface area is 126 Å². The molecule has 1 N–H and O–H groups in total. The second-order valence-corrected chi connectivity index (χ2v) is 6.24. The largest absolute Gasteiger partial charge is 0.369 e. The van der Waals surface area contributed by atoms with Crippen LogP contribution in [0.15, 0.2) is 0 Å². The van der Waals surface area contributed by atoms with Gasteiger partial charge in [-0.2, -0.15) is 11.8 Å². The van der Waals surface area contributed by atoms with Crippen LogP contribution in [0.25, 0.3) is 0 Å². The van der Waals surface area contributed by atoms with Crippen molar-refractivity contribution in [3.63, 3.8) is 0 Å². The standard InChI is InChI=1S/C12H18IN3OS/c1-3-8-10(13)12(14-4-2)16-11(15-8)9-7-18-6-5-17-9/h9H,3-7H2,1-2H3,(H,14,15,16). The number of ether oxygens (including phenoxy) is 1. The van der Waals surface area contributed by atoms with Gasteiger partial charge in [0.1, 0.15) is 11.9 Å². The molecule has 0 amide bonds. The highest BCUT2D eigenvalue weighted by atomic mass is 127. The van der Waals surface area contributed by atoms with E-state index in [0.29, 0.717) is 0 Å². The molecule has 1 aliphatic rings. The third-order valence-electron chi connectivity index (χ3n) is 2.72. The molecular weight excluding hydrogens is 361 g/mol. The summed E-state index contributed by atoms with van der Waals surface area (Å²) in [6.45, 7) is 5.87. The first-order valence-electron chi connectivity index (χ1n) is 6.25. The highest BCUT2D eigenvalue weighted by Crippen LogP contribution is 2.27. The molecule has 18 heavy (non-hydrogen) atoms. The molecule has 1 saturated heterocycles. The Kier molecular flexibility index (Phi) is 5.50. The van der Waals surface area contributed by atoms with Crippen LogP contribution in [0.3, 0.4) is 0 Å². The smallest absolute Gasteiger partial charge is 0.160 e. The Balaban J connectivity index is 2.31. The van der Waals surface area contributed by atoms with Crippen LogP contribution in [0, 0.1) is 3.57 Å².